The quantitative estimate of drug-likeness (QED) is 0.847. The van der Waals surface area contributed by atoms with Crippen molar-refractivity contribution < 1.29 is 19.4 Å². The van der Waals surface area contributed by atoms with E-state index in [1.807, 2.05) is 24.4 Å². The molecule has 1 aliphatic rings. The number of carbonyl (C=O) groups is 2. The molecule has 6 heteroatoms. The monoisotopic (exact) mass is 359 g/mol. The van der Waals surface area contributed by atoms with Crippen molar-refractivity contribution >= 4 is 23.2 Å². The Hall–Kier alpha value is -2.34. The number of phenols is 1. The van der Waals surface area contributed by atoms with Crippen LogP contribution in [-0.2, 0) is 9.53 Å². The number of hydrogen-bond acceptors (Lipinski definition) is 5. The molecule has 1 atom stereocenters. The fourth-order valence-electron chi connectivity index (χ4n) is 3.10. The van der Waals surface area contributed by atoms with E-state index >= 15 is 0 Å². The Morgan fingerprint density at radius 1 is 1.32 bits per heavy atom. The lowest BCUT2D eigenvalue weighted by atomic mass is 10.0. The summed E-state index contributed by atoms with van der Waals surface area (Å²) >= 11 is 1.63. The van der Waals surface area contributed by atoms with Crippen LogP contribution in [0.25, 0.3) is 0 Å². The zero-order valence-corrected chi connectivity index (χ0v) is 15.1. The fourth-order valence-corrected chi connectivity index (χ4v) is 3.97. The van der Waals surface area contributed by atoms with Crippen molar-refractivity contribution in [1.82, 2.24) is 4.90 Å². The van der Waals surface area contributed by atoms with Crippen molar-refractivity contribution in [2.45, 2.75) is 32.7 Å². The van der Waals surface area contributed by atoms with Crippen molar-refractivity contribution in [3.05, 3.63) is 51.2 Å². The molecule has 5 nitrogen and oxygen atoms in total. The van der Waals surface area contributed by atoms with Gasteiger partial charge in [-0.25, -0.2) is 4.79 Å². The highest BCUT2D eigenvalue weighted by molar-refractivity contribution is 7.10. The van der Waals surface area contributed by atoms with Gasteiger partial charge in [0.1, 0.15) is 11.3 Å². The Labute approximate surface area is 150 Å². The van der Waals surface area contributed by atoms with Crippen LogP contribution in [0, 0.1) is 13.8 Å². The number of phenolic OH excluding ortho intramolecular Hbond substituents is 1. The van der Waals surface area contributed by atoms with Crippen molar-refractivity contribution in [1.29, 1.82) is 0 Å². The van der Waals surface area contributed by atoms with Gasteiger partial charge in [-0.3, -0.25) is 4.79 Å². The molecule has 0 saturated carbocycles. The maximum absolute atomic E-state index is 12.5. The maximum Gasteiger partial charge on any atom is 0.342 e. The predicted octanol–water partition coefficient (Wildman–Crippen LogP) is 3.59. The third-order valence-electron chi connectivity index (χ3n) is 4.69. The highest BCUT2D eigenvalue weighted by Crippen LogP contribution is 2.34. The van der Waals surface area contributed by atoms with Crippen LogP contribution in [0.5, 0.6) is 5.75 Å². The minimum Gasteiger partial charge on any atom is -0.507 e. The Kier molecular flexibility index (Phi) is 5.08. The van der Waals surface area contributed by atoms with Crippen LogP contribution < -0.4 is 0 Å². The van der Waals surface area contributed by atoms with Gasteiger partial charge in [0.25, 0.3) is 5.91 Å². The van der Waals surface area contributed by atoms with Gasteiger partial charge in [-0.1, -0.05) is 12.1 Å². The summed E-state index contributed by atoms with van der Waals surface area (Å²) in [5.41, 5.74) is 1.62. The fraction of sp³-hybridized carbons (Fsp3) is 0.368. The SMILES string of the molecule is Cc1ccc(C(=O)OCC(=O)N2CCC[C@H]2c2cccs2)c(O)c1C. The van der Waals surface area contributed by atoms with Gasteiger partial charge in [-0.05, 0) is 55.3 Å². The van der Waals surface area contributed by atoms with E-state index in [1.54, 1.807) is 29.2 Å². The minimum atomic E-state index is -0.680. The summed E-state index contributed by atoms with van der Waals surface area (Å²) in [6.45, 7) is 3.95. The Bertz CT molecular complexity index is 785. The summed E-state index contributed by atoms with van der Waals surface area (Å²) in [4.78, 5) is 27.6. The van der Waals surface area contributed by atoms with E-state index in [2.05, 4.69) is 0 Å². The number of aromatic hydroxyl groups is 1. The van der Waals surface area contributed by atoms with Gasteiger partial charge < -0.3 is 14.7 Å². The number of rotatable bonds is 4. The molecule has 0 aliphatic carbocycles. The number of likely N-dealkylation sites (tertiary alicyclic amines) is 1. The summed E-state index contributed by atoms with van der Waals surface area (Å²) in [6, 6.07) is 7.35. The van der Waals surface area contributed by atoms with E-state index < -0.39 is 5.97 Å². The van der Waals surface area contributed by atoms with E-state index in [1.165, 1.54) is 6.07 Å². The molecule has 1 saturated heterocycles. The molecule has 3 rings (SSSR count). The average Bonchev–Trinajstić information content (AvgIpc) is 3.27. The summed E-state index contributed by atoms with van der Waals surface area (Å²) in [7, 11) is 0. The summed E-state index contributed by atoms with van der Waals surface area (Å²) in [5.74, 6) is -0.969. The minimum absolute atomic E-state index is 0.0706. The summed E-state index contributed by atoms with van der Waals surface area (Å²) < 4.78 is 5.16. The van der Waals surface area contributed by atoms with Crippen LogP contribution in [0.15, 0.2) is 29.6 Å². The van der Waals surface area contributed by atoms with E-state index in [0.717, 1.165) is 23.3 Å². The molecule has 132 valence electrons. The molecule has 1 amide bonds. The van der Waals surface area contributed by atoms with Crippen molar-refractivity contribution in [2.75, 3.05) is 13.2 Å². The number of esters is 1. The van der Waals surface area contributed by atoms with Gasteiger partial charge in [0.15, 0.2) is 6.61 Å². The normalized spacial score (nSPS) is 16.9. The Morgan fingerprint density at radius 2 is 2.12 bits per heavy atom. The number of amides is 1. The number of hydrogen-bond donors (Lipinski definition) is 1. The number of benzene rings is 1. The lowest BCUT2D eigenvalue weighted by Gasteiger charge is -2.23. The molecule has 1 aromatic carbocycles. The number of nitrogens with zero attached hydrogens (tertiary/aromatic N) is 1. The zero-order valence-electron chi connectivity index (χ0n) is 14.3. The first-order valence-electron chi connectivity index (χ1n) is 8.28. The third-order valence-corrected chi connectivity index (χ3v) is 5.67. The molecule has 2 heterocycles. The first kappa shape index (κ1) is 17.5. The van der Waals surface area contributed by atoms with Gasteiger partial charge in [0.2, 0.25) is 0 Å². The standard InChI is InChI=1S/C19H21NO4S/c1-12-7-8-14(18(22)13(12)2)19(23)24-11-17(21)20-9-3-5-15(20)16-6-4-10-25-16/h4,6-8,10,15,22H,3,5,9,11H2,1-2H3/t15-/m0/s1. The van der Waals surface area contributed by atoms with Crippen molar-refractivity contribution in [2.24, 2.45) is 0 Å². The van der Waals surface area contributed by atoms with E-state index in [4.69, 9.17) is 4.74 Å². The number of ether oxygens (including phenoxy) is 1. The van der Waals surface area contributed by atoms with E-state index in [9.17, 15) is 14.7 Å². The predicted molar refractivity (Wildman–Crippen MR) is 95.9 cm³/mol. The van der Waals surface area contributed by atoms with Crippen molar-refractivity contribution in [3.63, 3.8) is 0 Å². The zero-order chi connectivity index (χ0) is 18.0. The molecule has 1 aliphatic heterocycles. The lowest BCUT2D eigenvalue weighted by molar-refractivity contribution is -0.135. The molecule has 1 N–H and O–H groups in total. The molecule has 0 bridgehead atoms. The summed E-state index contributed by atoms with van der Waals surface area (Å²) in [5, 5.41) is 12.1. The molecule has 2 aromatic rings. The second kappa shape index (κ2) is 7.27. The molecule has 1 aromatic heterocycles. The first-order chi connectivity index (χ1) is 12.0. The average molecular weight is 359 g/mol. The molecular weight excluding hydrogens is 338 g/mol. The van der Waals surface area contributed by atoms with Crippen LogP contribution >= 0.6 is 11.3 Å². The van der Waals surface area contributed by atoms with Crippen molar-refractivity contribution in [3.8, 4) is 5.75 Å². The lowest BCUT2D eigenvalue weighted by Crippen LogP contribution is -2.34. The van der Waals surface area contributed by atoms with Crippen LogP contribution in [0.1, 0.15) is 45.2 Å². The molecular formula is C19H21NO4S. The Morgan fingerprint density at radius 3 is 2.84 bits per heavy atom. The van der Waals surface area contributed by atoms with E-state index in [-0.39, 0.29) is 29.9 Å². The largest absolute Gasteiger partial charge is 0.507 e. The van der Waals surface area contributed by atoms with Gasteiger partial charge >= 0.3 is 5.97 Å². The van der Waals surface area contributed by atoms with Crippen LogP contribution in [0.3, 0.4) is 0 Å². The van der Waals surface area contributed by atoms with Gasteiger partial charge in [-0.2, -0.15) is 0 Å². The number of aryl methyl sites for hydroxylation is 1. The molecule has 1 fully saturated rings. The molecule has 0 spiro atoms. The number of carbonyl (C=O) groups excluding carboxylic acids is 2. The second-order valence-electron chi connectivity index (χ2n) is 6.24. The van der Waals surface area contributed by atoms with Gasteiger partial charge in [-0.15, -0.1) is 11.3 Å². The topological polar surface area (TPSA) is 66.8 Å². The highest BCUT2D eigenvalue weighted by Gasteiger charge is 2.31. The van der Waals surface area contributed by atoms with Gasteiger partial charge in [0.05, 0.1) is 6.04 Å². The van der Waals surface area contributed by atoms with Crippen LogP contribution in [0.4, 0.5) is 0 Å². The third kappa shape index (κ3) is 3.54. The Balaban J connectivity index is 1.64. The van der Waals surface area contributed by atoms with E-state index in [0.29, 0.717) is 12.1 Å². The van der Waals surface area contributed by atoms with Gasteiger partial charge in [0, 0.05) is 11.4 Å². The van der Waals surface area contributed by atoms with Crippen LogP contribution in [0.2, 0.25) is 0 Å². The molecule has 0 radical (unpaired) electrons. The maximum atomic E-state index is 12.5. The van der Waals surface area contributed by atoms with Crippen LogP contribution in [-0.4, -0.2) is 35.0 Å². The molecule has 0 unspecified atom stereocenters. The summed E-state index contributed by atoms with van der Waals surface area (Å²) in [6.07, 6.45) is 1.87. The highest BCUT2D eigenvalue weighted by atomic mass is 32.1. The number of thiophene rings is 1. The second-order valence-corrected chi connectivity index (χ2v) is 7.22. The molecule has 25 heavy (non-hydrogen) atoms. The first-order valence-corrected chi connectivity index (χ1v) is 9.16. The smallest absolute Gasteiger partial charge is 0.342 e.